The summed E-state index contributed by atoms with van der Waals surface area (Å²) >= 11 is 2.98. The number of carbonyl (C=O) groups is 1. The number of aliphatic carboxylic acids is 1. The van der Waals surface area contributed by atoms with Crippen LogP contribution in [0.5, 0.6) is 0 Å². The molecule has 1 rings (SSSR count). The van der Waals surface area contributed by atoms with E-state index in [0.717, 1.165) is 18.2 Å². The van der Waals surface area contributed by atoms with Crippen LogP contribution in [-0.4, -0.2) is 11.1 Å². The summed E-state index contributed by atoms with van der Waals surface area (Å²) in [4.78, 5) is 10.2. The monoisotopic (exact) mass is 262 g/mol. The van der Waals surface area contributed by atoms with E-state index in [1.54, 1.807) is 0 Å². The zero-order chi connectivity index (χ0) is 10.7. The number of carboxylic acid groups (broad SMARTS) is 1. The predicted molar refractivity (Wildman–Crippen MR) is 50.7 cm³/mol. The third-order valence-corrected chi connectivity index (χ3v) is 2.13. The van der Waals surface area contributed by atoms with Gasteiger partial charge in [0, 0.05) is 10.5 Å². The lowest BCUT2D eigenvalue weighted by molar-refractivity contribution is -0.131. The van der Waals surface area contributed by atoms with E-state index < -0.39 is 17.6 Å². The average Bonchev–Trinajstić information content (AvgIpc) is 2.09. The Labute approximate surface area is 87.0 Å². The van der Waals surface area contributed by atoms with Gasteiger partial charge in [0.25, 0.3) is 0 Å². The van der Waals surface area contributed by atoms with Crippen molar-refractivity contribution in [2.24, 2.45) is 0 Å². The van der Waals surface area contributed by atoms with Crippen molar-refractivity contribution in [3.05, 3.63) is 39.9 Å². The first-order valence-corrected chi connectivity index (χ1v) is 4.35. The Morgan fingerprint density at radius 2 is 1.93 bits per heavy atom. The topological polar surface area (TPSA) is 37.3 Å². The molecule has 2 nitrogen and oxygen atoms in total. The van der Waals surface area contributed by atoms with Crippen LogP contribution in [0.2, 0.25) is 0 Å². The number of carboxylic acids is 1. The molecule has 0 spiro atoms. The van der Waals surface area contributed by atoms with Crippen molar-refractivity contribution >= 4 is 28.0 Å². The molecule has 74 valence electrons. The highest BCUT2D eigenvalue weighted by Gasteiger charge is 2.05. The Morgan fingerprint density at radius 3 is 2.50 bits per heavy atom. The van der Waals surface area contributed by atoms with Gasteiger partial charge in [-0.15, -0.1) is 0 Å². The van der Waals surface area contributed by atoms with Gasteiger partial charge in [0.15, 0.2) is 11.6 Å². The van der Waals surface area contributed by atoms with E-state index in [2.05, 4.69) is 15.9 Å². The van der Waals surface area contributed by atoms with Gasteiger partial charge in [0.2, 0.25) is 0 Å². The summed E-state index contributed by atoms with van der Waals surface area (Å²) in [5, 5.41) is 8.32. The highest BCUT2D eigenvalue weighted by Crippen LogP contribution is 2.21. The maximum Gasteiger partial charge on any atom is 0.328 e. The number of benzene rings is 1. The average molecular weight is 263 g/mol. The molecule has 0 heterocycles. The molecule has 0 unspecified atom stereocenters. The molecular formula is C9H5BrF2O2. The van der Waals surface area contributed by atoms with Gasteiger partial charge in [0.05, 0.1) is 0 Å². The quantitative estimate of drug-likeness (QED) is 0.658. The molecule has 0 radical (unpaired) electrons. The second kappa shape index (κ2) is 4.32. The summed E-state index contributed by atoms with van der Waals surface area (Å²) in [5.74, 6) is -3.15. The molecule has 0 amide bonds. The Kier molecular flexibility index (Phi) is 3.35. The van der Waals surface area contributed by atoms with Crippen molar-refractivity contribution in [1.29, 1.82) is 0 Å². The highest BCUT2D eigenvalue weighted by molar-refractivity contribution is 9.10. The van der Waals surface area contributed by atoms with Crippen LogP contribution in [-0.2, 0) is 4.79 Å². The van der Waals surface area contributed by atoms with Gasteiger partial charge in [-0.3, -0.25) is 0 Å². The van der Waals surface area contributed by atoms with Crippen LogP contribution in [0.15, 0.2) is 22.7 Å². The molecule has 5 heteroatoms. The summed E-state index contributed by atoms with van der Waals surface area (Å²) in [7, 11) is 0. The van der Waals surface area contributed by atoms with Gasteiger partial charge in [-0.2, -0.15) is 0 Å². The third-order valence-electron chi connectivity index (χ3n) is 1.45. The fourth-order valence-electron chi connectivity index (χ4n) is 0.827. The van der Waals surface area contributed by atoms with Gasteiger partial charge in [0.1, 0.15) is 0 Å². The SMILES string of the molecule is O=C(O)C=Cc1cc(F)c(F)cc1Br. The van der Waals surface area contributed by atoms with Gasteiger partial charge in [-0.25, -0.2) is 13.6 Å². The van der Waals surface area contributed by atoms with Crippen LogP contribution in [0, 0.1) is 11.6 Å². The Morgan fingerprint density at radius 1 is 1.36 bits per heavy atom. The molecule has 1 N–H and O–H groups in total. The van der Waals surface area contributed by atoms with E-state index in [1.165, 1.54) is 6.08 Å². The summed E-state index contributed by atoms with van der Waals surface area (Å²) in [5.41, 5.74) is 0.270. The van der Waals surface area contributed by atoms with E-state index in [0.29, 0.717) is 4.47 Å². The number of hydrogen-bond acceptors (Lipinski definition) is 1. The van der Waals surface area contributed by atoms with Crippen LogP contribution in [0.4, 0.5) is 8.78 Å². The Hall–Kier alpha value is -1.23. The van der Waals surface area contributed by atoms with E-state index in [9.17, 15) is 13.6 Å². The first kappa shape index (κ1) is 10.8. The van der Waals surface area contributed by atoms with Gasteiger partial charge in [-0.1, -0.05) is 15.9 Å². The summed E-state index contributed by atoms with van der Waals surface area (Å²) in [6.45, 7) is 0. The smallest absolute Gasteiger partial charge is 0.328 e. The van der Waals surface area contributed by atoms with Gasteiger partial charge < -0.3 is 5.11 Å². The van der Waals surface area contributed by atoms with Crippen molar-refractivity contribution in [1.82, 2.24) is 0 Å². The fraction of sp³-hybridized carbons (Fsp3) is 0. The molecule has 0 aliphatic carbocycles. The minimum Gasteiger partial charge on any atom is -0.478 e. The molecule has 0 aliphatic rings. The Balaban J connectivity index is 3.10. The standard InChI is InChI=1S/C9H5BrF2O2/c10-6-4-8(12)7(11)3-5(6)1-2-9(13)14/h1-4H,(H,13,14). The zero-order valence-electron chi connectivity index (χ0n) is 6.80. The van der Waals surface area contributed by atoms with Crippen molar-refractivity contribution in [2.75, 3.05) is 0 Å². The lowest BCUT2D eigenvalue weighted by Gasteiger charge is -1.99. The largest absolute Gasteiger partial charge is 0.478 e. The fourth-order valence-corrected chi connectivity index (χ4v) is 1.27. The number of rotatable bonds is 2. The summed E-state index contributed by atoms with van der Waals surface area (Å²) in [6, 6.07) is 1.86. The van der Waals surface area contributed by atoms with Crippen LogP contribution in [0.3, 0.4) is 0 Å². The normalized spacial score (nSPS) is 10.8. The zero-order valence-corrected chi connectivity index (χ0v) is 8.38. The number of hydrogen-bond donors (Lipinski definition) is 1. The lowest BCUT2D eigenvalue weighted by Crippen LogP contribution is -1.89. The minimum atomic E-state index is -1.15. The van der Waals surface area contributed by atoms with Crippen LogP contribution in [0.1, 0.15) is 5.56 Å². The maximum absolute atomic E-state index is 12.7. The van der Waals surface area contributed by atoms with Crippen molar-refractivity contribution in [3.63, 3.8) is 0 Å². The molecule has 0 aromatic heterocycles. The van der Waals surface area contributed by atoms with Crippen LogP contribution < -0.4 is 0 Å². The molecule has 1 aromatic rings. The summed E-state index contributed by atoms with van der Waals surface area (Å²) < 4.78 is 25.6. The molecule has 14 heavy (non-hydrogen) atoms. The molecule has 0 bridgehead atoms. The highest BCUT2D eigenvalue weighted by atomic mass is 79.9. The van der Waals surface area contributed by atoms with E-state index in [1.807, 2.05) is 0 Å². The molecule has 0 atom stereocenters. The second-order valence-corrected chi connectivity index (χ2v) is 3.31. The first-order valence-electron chi connectivity index (χ1n) is 3.56. The third kappa shape index (κ3) is 2.63. The van der Waals surface area contributed by atoms with Crippen LogP contribution in [0.25, 0.3) is 6.08 Å². The molecule has 0 fully saturated rings. The predicted octanol–water partition coefficient (Wildman–Crippen LogP) is 2.83. The van der Waals surface area contributed by atoms with Crippen LogP contribution >= 0.6 is 15.9 Å². The number of halogens is 3. The minimum absolute atomic E-state index is 0.270. The summed E-state index contributed by atoms with van der Waals surface area (Å²) in [6.07, 6.45) is 2.02. The van der Waals surface area contributed by atoms with Crippen molar-refractivity contribution < 1.29 is 18.7 Å². The molecule has 1 aromatic carbocycles. The molecular weight excluding hydrogens is 258 g/mol. The lowest BCUT2D eigenvalue weighted by atomic mass is 10.2. The van der Waals surface area contributed by atoms with Gasteiger partial charge >= 0.3 is 5.97 Å². The first-order chi connectivity index (χ1) is 6.50. The van der Waals surface area contributed by atoms with Crippen molar-refractivity contribution in [3.8, 4) is 0 Å². The van der Waals surface area contributed by atoms with E-state index >= 15 is 0 Å². The van der Waals surface area contributed by atoms with Gasteiger partial charge in [-0.05, 0) is 23.8 Å². The van der Waals surface area contributed by atoms with E-state index in [-0.39, 0.29) is 5.56 Å². The molecule has 0 saturated carbocycles. The van der Waals surface area contributed by atoms with Crippen molar-refractivity contribution in [2.45, 2.75) is 0 Å². The Bertz CT molecular complexity index is 402. The maximum atomic E-state index is 12.7. The molecule has 0 saturated heterocycles. The second-order valence-electron chi connectivity index (χ2n) is 2.46. The molecule has 0 aliphatic heterocycles. The van der Waals surface area contributed by atoms with E-state index in [4.69, 9.17) is 5.11 Å².